The molecule has 2 N–H and O–H groups in total. The number of guanidine groups is 1. The van der Waals surface area contributed by atoms with Crippen molar-refractivity contribution in [3.05, 3.63) is 0 Å². The van der Waals surface area contributed by atoms with Crippen LogP contribution in [0.1, 0.15) is 40.0 Å². The van der Waals surface area contributed by atoms with Gasteiger partial charge in [0.05, 0.1) is 12.1 Å². The summed E-state index contributed by atoms with van der Waals surface area (Å²) in [5.74, 6) is 1.68. The number of hydrogen-bond donors (Lipinski definition) is 1. The molecule has 1 aliphatic heterocycles. The third-order valence-electron chi connectivity index (χ3n) is 4.47. The van der Waals surface area contributed by atoms with Crippen molar-refractivity contribution in [2.45, 2.75) is 45.6 Å². The summed E-state index contributed by atoms with van der Waals surface area (Å²) in [5.41, 5.74) is 6.26. The van der Waals surface area contributed by atoms with Crippen LogP contribution >= 0.6 is 0 Å². The van der Waals surface area contributed by atoms with Crippen molar-refractivity contribution in [3.63, 3.8) is 0 Å². The summed E-state index contributed by atoms with van der Waals surface area (Å²) in [5, 5.41) is 0. The second-order valence-corrected chi connectivity index (χ2v) is 6.00. The molecule has 1 heterocycles. The van der Waals surface area contributed by atoms with Crippen LogP contribution in [-0.4, -0.2) is 54.0 Å². The summed E-state index contributed by atoms with van der Waals surface area (Å²) < 4.78 is 0. The van der Waals surface area contributed by atoms with E-state index in [0.717, 1.165) is 44.6 Å². The van der Waals surface area contributed by atoms with Crippen molar-refractivity contribution in [3.8, 4) is 0 Å². The minimum atomic E-state index is 0.179. The van der Waals surface area contributed by atoms with Gasteiger partial charge in [0.1, 0.15) is 0 Å². The Morgan fingerprint density at radius 3 is 2.61 bits per heavy atom. The maximum atomic E-state index is 6.08. The van der Waals surface area contributed by atoms with Gasteiger partial charge >= 0.3 is 0 Å². The molecule has 1 unspecified atom stereocenters. The lowest BCUT2D eigenvalue weighted by atomic mass is 9.94. The molecule has 0 spiro atoms. The van der Waals surface area contributed by atoms with Crippen molar-refractivity contribution < 1.29 is 0 Å². The first kappa shape index (κ1) is 13.7. The van der Waals surface area contributed by atoms with Crippen molar-refractivity contribution in [2.24, 2.45) is 16.6 Å². The highest BCUT2D eigenvalue weighted by Gasteiger charge is 2.41. The molecule has 1 fully saturated rings. The third kappa shape index (κ3) is 2.97. The number of nitrogens with zero attached hydrogens (tertiary/aromatic N) is 3. The summed E-state index contributed by atoms with van der Waals surface area (Å²) in [6, 6.07) is 0. The smallest absolute Gasteiger partial charge is 0.191 e. The minimum absolute atomic E-state index is 0.179. The van der Waals surface area contributed by atoms with Crippen LogP contribution < -0.4 is 5.73 Å². The fourth-order valence-corrected chi connectivity index (χ4v) is 2.98. The Kier molecular flexibility index (Phi) is 4.15. The lowest BCUT2D eigenvalue weighted by molar-refractivity contribution is 0.172. The SMILES string of the molecule is CCN(CC)CCN1C(N)=NCC1(C)CC1CC1. The zero-order valence-electron chi connectivity index (χ0n) is 12.2. The molecule has 1 saturated carbocycles. The lowest BCUT2D eigenvalue weighted by Gasteiger charge is -2.37. The molecule has 1 aliphatic carbocycles. The van der Waals surface area contributed by atoms with Gasteiger partial charge in [-0.2, -0.15) is 0 Å². The molecular formula is C14H28N4. The van der Waals surface area contributed by atoms with E-state index in [4.69, 9.17) is 5.73 Å². The molecule has 0 aromatic carbocycles. The maximum absolute atomic E-state index is 6.08. The number of hydrogen-bond acceptors (Lipinski definition) is 4. The molecule has 104 valence electrons. The Morgan fingerprint density at radius 1 is 1.39 bits per heavy atom. The van der Waals surface area contributed by atoms with Crippen LogP contribution in [0.3, 0.4) is 0 Å². The highest BCUT2D eigenvalue weighted by molar-refractivity contribution is 5.81. The van der Waals surface area contributed by atoms with Gasteiger partial charge in [-0.05, 0) is 32.4 Å². The van der Waals surface area contributed by atoms with E-state index in [9.17, 15) is 0 Å². The van der Waals surface area contributed by atoms with E-state index >= 15 is 0 Å². The van der Waals surface area contributed by atoms with E-state index in [-0.39, 0.29) is 5.54 Å². The molecule has 0 aromatic heterocycles. The maximum Gasteiger partial charge on any atom is 0.191 e. The highest BCUT2D eigenvalue weighted by atomic mass is 15.4. The average molecular weight is 252 g/mol. The predicted octanol–water partition coefficient (Wildman–Crippen LogP) is 1.52. The molecule has 0 aromatic rings. The quantitative estimate of drug-likeness (QED) is 0.747. The number of aliphatic imine (C=N–C) groups is 1. The molecule has 0 radical (unpaired) electrons. The Morgan fingerprint density at radius 2 is 2.06 bits per heavy atom. The van der Waals surface area contributed by atoms with Gasteiger partial charge in [-0.25, -0.2) is 0 Å². The summed E-state index contributed by atoms with van der Waals surface area (Å²) in [6.45, 7) is 12.0. The van der Waals surface area contributed by atoms with E-state index in [1.165, 1.54) is 19.3 Å². The minimum Gasteiger partial charge on any atom is -0.370 e. The number of rotatable bonds is 7. The monoisotopic (exact) mass is 252 g/mol. The summed E-state index contributed by atoms with van der Waals surface area (Å²) in [4.78, 5) is 9.28. The topological polar surface area (TPSA) is 44.9 Å². The predicted molar refractivity (Wildman–Crippen MR) is 76.7 cm³/mol. The molecule has 4 nitrogen and oxygen atoms in total. The molecule has 4 heteroatoms. The highest BCUT2D eigenvalue weighted by Crippen LogP contribution is 2.40. The first-order valence-corrected chi connectivity index (χ1v) is 7.39. The molecule has 2 rings (SSSR count). The third-order valence-corrected chi connectivity index (χ3v) is 4.47. The zero-order chi connectivity index (χ0) is 13.2. The molecule has 18 heavy (non-hydrogen) atoms. The van der Waals surface area contributed by atoms with E-state index in [0.29, 0.717) is 0 Å². The molecule has 2 aliphatic rings. The largest absolute Gasteiger partial charge is 0.370 e. The summed E-state index contributed by atoms with van der Waals surface area (Å²) >= 11 is 0. The Labute approximate surface area is 111 Å². The molecule has 0 bridgehead atoms. The van der Waals surface area contributed by atoms with Gasteiger partial charge in [-0.15, -0.1) is 0 Å². The first-order valence-electron chi connectivity index (χ1n) is 7.39. The first-order chi connectivity index (χ1) is 8.59. The van der Waals surface area contributed by atoms with Crippen molar-refractivity contribution in [1.82, 2.24) is 9.80 Å². The average Bonchev–Trinajstić information content (AvgIpc) is 3.10. The van der Waals surface area contributed by atoms with Crippen LogP contribution in [0.25, 0.3) is 0 Å². The Hall–Kier alpha value is -0.770. The van der Waals surface area contributed by atoms with E-state index in [2.05, 4.69) is 35.6 Å². The molecule has 0 amide bonds. The Bertz CT molecular complexity index is 307. The lowest BCUT2D eigenvalue weighted by Crippen LogP contribution is -2.52. The van der Waals surface area contributed by atoms with E-state index in [1.54, 1.807) is 0 Å². The number of nitrogens with two attached hydrogens (primary N) is 1. The van der Waals surface area contributed by atoms with Gasteiger partial charge in [0.15, 0.2) is 5.96 Å². The van der Waals surface area contributed by atoms with Crippen LogP contribution in [0.5, 0.6) is 0 Å². The Balaban J connectivity index is 1.91. The van der Waals surface area contributed by atoms with Gasteiger partial charge < -0.3 is 15.5 Å². The number of likely N-dealkylation sites (N-methyl/N-ethyl adjacent to an activating group) is 1. The molecule has 1 atom stereocenters. The van der Waals surface area contributed by atoms with Crippen LogP contribution in [0.15, 0.2) is 4.99 Å². The molecule has 0 saturated heterocycles. The fourth-order valence-electron chi connectivity index (χ4n) is 2.98. The fraction of sp³-hybridized carbons (Fsp3) is 0.929. The summed E-state index contributed by atoms with van der Waals surface area (Å²) in [7, 11) is 0. The standard InChI is InChI=1S/C14H28N4/c1-4-17(5-2)8-9-18-13(15)16-11-14(18,3)10-12-6-7-12/h12H,4-11H2,1-3H3,(H2,15,16). The van der Waals surface area contributed by atoms with E-state index < -0.39 is 0 Å². The second-order valence-electron chi connectivity index (χ2n) is 6.00. The second kappa shape index (κ2) is 5.47. The van der Waals surface area contributed by atoms with Crippen LogP contribution in [-0.2, 0) is 0 Å². The van der Waals surface area contributed by atoms with Crippen molar-refractivity contribution in [1.29, 1.82) is 0 Å². The molecular weight excluding hydrogens is 224 g/mol. The van der Waals surface area contributed by atoms with Crippen molar-refractivity contribution in [2.75, 3.05) is 32.7 Å². The van der Waals surface area contributed by atoms with Gasteiger partial charge in [0.25, 0.3) is 0 Å². The van der Waals surface area contributed by atoms with Gasteiger partial charge in [-0.1, -0.05) is 26.7 Å². The zero-order valence-corrected chi connectivity index (χ0v) is 12.2. The van der Waals surface area contributed by atoms with E-state index in [1.807, 2.05) is 0 Å². The van der Waals surface area contributed by atoms with Crippen LogP contribution in [0, 0.1) is 5.92 Å². The van der Waals surface area contributed by atoms with Gasteiger partial charge in [-0.3, -0.25) is 4.99 Å². The summed E-state index contributed by atoms with van der Waals surface area (Å²) in [6.07, 6.45) is 4.06. The van der Waals surface area contributed by atoms with Gasteiger partial charge in [0, 0.05) is 13.1 Å². The van der Waals surface area contributed by atoms with Crippen LogP contribution in [0.4, 0.5) is 0 Å². The van der Waals surface area contributed by atoms with Gasteiger partial charge in [0.2, 0.25) is 0 Å². The normalized spacial score (nSPS) is 28.0. The van der Waals surface area contributed by atoms with Crippen molar-refractivity contribution >= 4 is 5.96 Å². The van der Waals surface area contributed by atoms with Crippen LogP contribution in [0.2, 0.25) is 0 Å².